The third-order valence-electron chi connectivity index (χ3n) is 3.72. The number of aromatic amines is 1. The van der Waals surface area contributed by atoms with Gasteiger partial charge in [-0.1, -0.05) is 24.3 Å². The van der Waals surface area contributed by atoms with Crippen LogP contribution < -0.4 is 0 Å². The Balaban J connectivity index is 1.75. The van der Waals surface area contributed by atoms with Crippen molar-refractivity contribution in [2.24, 2.45) is 0 Å². The zero-order chi connectivity index (χ0) is 16.1. The number of thioether (sulfide) groups is 1. The molecule has 1 fully saturated rings. The van der Waals surface area contributed by atoms with E-state index in [2.05, 4.69) is 27.5 Å². The molecular formula is C15H19N5O2S. The van der Waals surface area contributed by atoms with Crippen LogP contribution in [0.2, 0.25) is 0 Å². The highest BCUT2D eigenvalue weighted by Crippen LogP contribution is 2.23. The van der Waals surface area contributed by atoms with Gasteiger partial charge in [-0.2, -0.15) is 17.0 Å². The SMILES string of the molecule is CCSCc1ccc(C(=O)N2CCOC[C@@H]2c2nn[nH]n2)cc1. The second kappa shape index (κ2) is 7.56. The molecule has 1 aromatic carbocycles. The molecule has 0 bridgehead atoms. The fraction of sp³-hybridized carbons (Fsp3) is 0.467. The third kappa shape index (κ3) is 3.70. The van der Waals surface area contributed by atoms with Crippen molar-refractivity contribution >= 4 is 17.7 Å². The van der Waals surface area contributed by atoms with Gasteiger partial charge in [0.15, 0.2) is 5.82 Å². The van der Waals surface area contributed by atoms with Gasteiger partial charge in [-0.25, -0.2) is 0 Å². The van der Waals surface area contributed by atoms with Crippen LogP contribution in [0.4, 0.5) is 0 Å². The van der Waals surface area contributed by atoms with Crippen LogP contribution in [0.5, 0.6) is 0 Å². The lowest BCUT2D eigenvalue weighted by molar-refractivity contribution is -0.00520. The molecule has 23 heavy (non-hydrogen) atoms. The summed E-state index contributed by atoms with van der Waals surface area (Å²) in [5.74, 6) is 2.50. The summed E-state index contributed by atoms with van der Waals surface area (Å²) < 4.78 is 5.47. The minimum Gasteiger partial charge on any atom is -0.377 e. The first kappa shape index (κ1) is 15.9. The molecule has 0 unspecified atom stereocenters. The average molecular weight is 333 g/mol. The molecule has 0 spiro atoms. The fourth-order valence-electron chi connectivity index (χ4n) is 2.50. The van der Waals surface area contributed by atoms with Crippen LogP contribution in [0.3, 0.4) is 0 Å². The summed E-state index contributed by atoms with van der Waals surface area (Å²) in [6.45, 7) is 3.56. The number of carbonyl (C=O) groups excluding carboxylic acids is 1. The third-order valence-corrected chi connectivity index (χ3v) is 4.67. The number of H-pyrrole nitrogens is 1. The first-order chi connectivity index (χ1) is 11.3. The van der Waals surface area contributed by atoms with Crippen LogP contribution in [0.15, 0.2) is 24.3 Å². The van der Waals surface area contributed by atoms with E-state index in [1.54, 1.807) is 4.90 Å². The van der Waals surface area contributed by atoms with Crippen molar-refractivity contribution < 1.29 is 9.53 Å². The Morgan fingerprint density at radius 1 is 1.43 bits per heavy atom. The maximum atomic E-state index is 12.8. The summed E-state index contributed by atoms with van der Waals surface area (Å²) in [7, 11) is 0. The highest BCUT2D eigenvalue weighted by molar-refractivity contribution is 7.98. The maximum Gasteiger partial charge on any atom is 0.254 e. The van der Waals surface area contributed by atoms with Crippen LogP contribution >= 0.6 is 11.8 Å². The topological polar surface area (TPSA) is 84.0 Å². The van der Waals surface area contributed by atoms with Crippen LogP contribution in [0.25, 0.3) is 0 Å². The lowest BCUT2D eigenvalue weighted by Gasteiger charge is -2.33. The van der Waals surface area contributed by atoms with Crippen molar-refractivity contribution in [3.8, 4) is 0 Å². The molecule has 7 nitrogen and oxygen atoms in total. The Bertz CT molecular complexity index is 632. The Morgan fingerprint density at radius 2 is 2.26 bits per heavy atom. The van der Waals surface area contributed by atoms with E-state index in [0.717, 1.165) is 11.5 Å². The molecule has 1 amide bonds. The molecule has 1 N–H and O–H groups in total. The summed E-state index contributed by atoms with van der Waals surface area (Å²) in [6, 6.07) is 7.50. The lowest BCUT2D eigenvalue weighted by atomic mass is 10.1. The number of nitrogens with zero attached hydrogens (tertiary/aromatic N) is 4. The van der Waals surface area contributed by atoms with E-state index in [4.69, 9.17) is 4.74 Å². The second-order valence-corrected chi connectivity index (χ2v) is 6.47. The smallest absolute Gasteiger partial charge is 0.254 e. The van der Waals surface area contributed by atoms with Crippen molar-refractivity contribution in [2.45, 2.75) is 18.7 Å². The van der Waals surface area contributed by atoms with E-state index in [-0.39, 0.29) is 11.9 Å². The summed E-state index contributed by atoms with van der Waals surface area (Å²) in [5.41, 5.74) is 1.90. The first-order valence-electron chi connectivity index (χ1n) is 7.58. The summed E-state index contributed by atoms with van der Waals surface area (Å²) in [4.78, 5) is 14.6. The molecule has 1 atom stereocenters. The van der Waals surface area contributed by atoms with Crippen LogP contribution in [-0.2, 0) is 10.5 Å². The Morgan fingerprint density at radius 3 is 2.96 bits per heavy atom. The van der Waals surface area contributed by atoms with Gasteiger partial charge >= 0.3 is 0 Å². The predicted molar refractivity (Wildman–Crippen MR) is 87.1 cm³/mol. The lowest BCUT2D eigenvalue weighted by Crippen LogP contribution is -2.43. The number of carbonyl (C=O) groups is 1. The number of morpholine rings is 1. The van der Waals surface area contributed by atoms with Gasteiger partial charge in [-0.3, -0.25) is 4.79 Å². The van der Waals surface area contributed by atoms with E-state index in [1.165, 1.54) is 5.56 Å². The van der Waals surface area contributed by atoms with Gasteiger partial charge in [0.25, 0.3) is 5.91 Å². The monoisotopic (exact) mass is 333 g/mol. The van der Waals surface area contributed by atoms with Gasteiger partial charge < -0.3 is 9.64 Å². The van der Waals surface area contributed by atoms with Crippen LogP contribution in [-0.4, -0.2) is 56.9 Å². The number of aromatic nitrogens is 4. The van der Waals surface area contributed by atoms with E-state index in [1.807, 2.05) is 36.0 Å². The van der Waals surface area contributed by atoms with Crippen molar-refractivity contribution in [3.05, 3.63) is 41.2 Å². The molecule has 1 aliphatic heterocycles. The van der Waals surface area contributed by atoms with E-state index in [9.17, 15) is 4.79 Å². The fourth-order valence-corrected chi connectivity index (χ4v) is 3.13. The summed E-state index contributed by atoms with van der Waals surface area (Å²) in [6.07, 6.45) is 0. The molecular weight excluding hydrogens is 314 g/mol. The molecule has 2 aromatic rings. The molecule has 0 aliphatic carbocycles. The van der Waals surface area contributed by atoms with Crippen LogP contribution in [0, 0.1) is 0 Å². The number of hydrogen-bond acceptors (Lipinski definition) is 6. The average Bonchev–Trinajstić information content (AvgIpc) is 3.14. The van der Waals surface area contributed by atoms with Crippen molar-refractivity contribution in [3.63, 3.8) is 0 Å². The number of rotatable bonds is 5. The van der Waals surface area contributed by atoms with E-state index >= 15 is 0 Å². The van der Waals surface area contributed by atoms with E-state index < -0.39 is 0 Å². The molecule has 2 heterocycles. The Kier molecular flexibility index (Phi) is 5.24. The molecule has 122 valence electrons. The molecule has 3 rings (SSSR count). The first-order valence-corrected chi connectivity index (χ1v) is 8.73. The van der Waals surface area contributed by atoms with Crippen molar-refractivity contribution in [2.75, 3.05) is 25.5 Å². The van der Waals surface area contributed by atoms with Crippen molar-refractivity contribution in [1.82, 2.24) is 25.5 Å². The number of benzene rings is 1. The largest absolute Gasteiger partial charge is 0.377 e. The summed E-state index contributed by atoms with van der Waals surface area (Å²) >= 11 is 1.86. The molecule has 1 aliphatic rings. The van der Waals surface area contributed by atoms with E-state index in [0.29, 0.717) is 31.1 Å². The predicted octanol–water partition coefficient (Wildman–Crippen LogP) is 1.67. The van der Waals surface area contributed by atoms with Gasteiger partial charge in [-0.05, 0) is 23.4 Å². The zero-order valence-electron chi connectivity index (χ0n) is 12.9. The standard InChI is InChI=1S/C15H19N5O2S/c1-2-23-10-11-3-5-12(6-4-11)15(21)20-7-8-22-9-13(20)14-16-18-19-17-14/h3-6,13H,2,7-10H2,1H3,(H,16,17,18,19)/t13-/m1/s1. The molecule has 1 saturated heterocycles. The van der Waals surface area contributed by atoms with Gasteiger partial charge in [0, 0.05) is 17.9 Å². The van der Waals surface area contributed by atoms with Gasteiger partial charge in [0.05, 0.1) is 13.2 Å². The highest BCUT2D eigenvalue weighted by atomic mass is 32.2. The van der Waals surface area contributed by atoms with Gasteiger partial charge in [-0.15, -0.1) is 10.2 Å². The minimum absolute atomic E-state index is 0.0298. The second-order valence-electron chi connectivity index (χ2n) is 5.19. The van der Waals surface area contributed by atoms with Crippen LogP contribution in [0.1, 0.15) is 34.7 Å². The minimum atomic E-state index is -0.301. The Hall–Kier alpha value is -1.93. The molecule has 0 saturated carbocycles. The number of ether oxygens (including phenoxy) is 1. The molecule has 8 heteroatoms. The van der Waals surface area contributed by atoms with Gasteiger partial charge in [0.1, 0.15) is 6.04 Å². The zero-order valence-corrected chi connectivity index (χ0v) is 13.8. The number of hydrogen-bond donors (Lipinski definition) is 1. The summed E-state index contributed by atoms with van der Waals surface area (Å²) in [5, 5.41) is 14.0. The quantitative estimate of drug-likeness (QED) is 0.896. The molecule has 1 aromatic heterocycles. The number of nitrogens with one attached hydrogen (secondary N) is 1. The van der Waals surface area contributed by atoms with Gasteiger partial charge in [0.2, 0.25) is 0 Å². The Labute approximate surface area is 138 Å². The maximum absolute atomic E-state index is 12.8. The van der Waals surface area contributed by atoms with Crippen molar-refractivity contribution in [1.29, 1.82) is 0 Å². The number of tetrazole rings is 1. The number of amides is 1. The normalized spacial score (nSPS) is 18.1. The molecule has 0 radical (unpaired) electrons. The highest BCUT2D eigenvalue weighted by Gasteiger charge is 2.32.